The molecule has 0 saturated carbocycles. The van der Waals surface area contributed by atoms with Crippen molar-refractivity contribution in [2.75, 3.05) is 0 Å². The monoisotopic (exact) mass is 208 g/mol. The average Bonchev–Trinajstić information content (AvgIpc) is 0. The van der Waals surface area contributed by atoms with Crippen LogP contribution in [0.4, 0.5) is 0 Å². The van der Waals surface area contributed by atoms with Crippen LogP contribution in [0, 0.1) is 0 Å². The number of hydrogen-bond acceptors (Lipinski definition) is 2. The predicted octanol–water partition coefficient (Wildman–Crippen LogP) is -3.23. The number of rotatable bonds is 0. The number of hydrogen-bond donors (Lipinski definition) is 2. The molecule has 0 amide bonds. The van der Waals surface area contributed by atoms with Crippen molar-refractivity contribution in [1.82, 2.24) is 12.3 Å². The first-order valence-corrected chi connectivity index (χ1v) is 0. The normalized spacial score (nSPS) is 0. The zero-order valence-electron chi connectivity index (χ0n) is 1.41. The fourth-order valence-electron chi connectivity index (χ4n) is 0. The minimum absolute atomic E-state index is 0. The molecule has 34 valence electrons. The summed E-state index contributed by atoms with van der Waals surface area (Å²) in [5, 5.41) is 0. The van der Waals surface area contributed by atoms with E-state index in [9.17, 15) is 0 Å². The van der Waals surface area contributed by atoms with E-state index in [1.807, 2.05) is 0 Å². The van der Waals surface area contributed by atoms with Crippen molar-refractivity contribution in [2.24, 2.45) is 0 Å². The van der Waals surface area contributed by atoms with Crippen LogP contribution in [0.15, 0.2) is 0 Å². The van der Waals surface area contributed by atoms with Crippen molar-refractivity contribution < 1.29 is 0 Å². The van der Waals surface area contributed by atoms with Gasteiger partial charge < -0.3 is 12.3 Å². The Kier molecular flexibility index (Phi) is 636. The average molecular weight is 210 g/mol. The fraction of sp³-hybridized carbons (Fsp3) is 0. The van der Waals surface area contributed by atoms with E-state index in [1.54, 1.807) is 0 Å². The van der Waals surface area contributed by atoms with Gasteiger partial charge in [0.1, 0.15) is 0 Å². The second-order valence-electron chi connectivity index (χ2n) is 0. The van der Waals surface area contributed by atoms with E-state index in [4.69, 9.17) is 0 Å². The molecule has 2 nitrogen and oxygen atoms in total. The molecule has 0 radical (unpaired) electrons. The Hall–Kier alpha value is 1.73. The quantitative estimate of drug-likeness (QED) is 0.412. The van der Waals surface area contributed by atoms with Crippen molar-refractivity contribution in [3.05, 3.63) is 0 Å². The van der Waals surface area contributed by atoms with Gasteiger partial charge >= 0.3 is 39.6 Å². The first-order valence-electron chi connectivity index (χ1n) is 0. The summed E-state index contributed by atoms with van der Waals surface area (Å²) in [6.07, 6.45) is 0. The molecule has 0 unspecified atom stereocenters. The molecule has 0 spiro atoms. The summed E-state index contributed by atoms with van der Waals surface area (Å²) in [6, 6.07) is 0. The molecule has 6 N–H and O–H groups in total. The molecule has 5 heteroatoms. The van der Waals surface area contributed by atoms with Crippen molar-refractivity contribution >= 4 is 56.9 Å². The third kappa shape index (κ3) is 26.7. The molecule has 0 rings (SSSR count). The van der Waals surface area contributed by atoms with E-state index in [-0.39, 0.29) is 69.2 Å². The van der Waals surface area contributed by atoms with Gasteiger partial charge in [-0.2, -0.15) is 0 Å². The molecular weight excluding hydrogens is 194 g/mol. The van der Waals surface area contributed by atoms with E-state index in [0.717, 1.165) is 0 Å². The van der Waals surface area contributed by atoms with Gasteiger partial charge in [-0.05, 0) is 0 Å². The fourth-order valence-corrected chi connectivity index (χ4v) is 0. The Morgan fingerprint density at radius 1 is 0.600 bits per heavy atom. The Morgan fingerprint density at radius 2 is 0.600 bits per heavy atom. The second-order valence-corrected chi connectivity index (χ2v) is 0. The van der Waals surface area contributed by atoms with E-state index >= 15 is 0 Å². The first-order chi connectivity index (χ1) is 0. The zero-order valence-corrected chi connectivity index (χ0v) is 1.41. The van der Waals surface area contributed by atoms with E-state index in [1.165, 1.54) is 0 Å². The maximum atomic E-state index is 0. The molecule has 0 saturated heterocycles. The Bertz CT molecular complexity index is 7.61. The van der Waals surface area contributed by atoms with E-state index < -0.39 is 0 Å². The van der Waals surface area contributed by atoms with Crippen molar-refractivity contribution in [1.29, 1.82) is 0 Å². The molecule has 0 aliphatic rings. The zero-order chi connectivity index (χ0) is 0. The van der Waals surface area contributed by atoms with Crippen LogP contribution in [0.5, 0.6) is 0 Å². The van der Waals surface area contributed by atoms with Crippen LogP contribution in [0.25, 0.3) is 0 Å². The molecule has 0 aliphatic heterocycles. The molecule has 5 heavy (non-hydrogen) atoms. The molecule has 0 aromatic heterocycles. The van der Waals surface area contributed by atoms with Gasteiger partial charge in [-0.3, -0.25) is 0 Å². The summed E-state index contributed by atoms with van der Waals surface area (Å²) in [7, 11) is 0. The summed E-state index contributed by atoms with van der Waals surface area (Å²) in [5.74, 6) is 0. The Labute approximate surface area is 68.9 Å². The van der Waals surface area contributed by atoms with Gasteiger partial charge in [0.25, 0.3) is 0 Å². The summed E-state index contributed by atoms with van der Waals surface area (Å²) in [5.41, 5.74) is 0. The molecule has 0 aromatic rings. The standard InChI is InChI=1S/Al.2Ga.2H3N.9H/h;;;2*1H3;;;;;;;;;. The Morgan fingerprint density at radius 3 is 0.600 bits per heavy atom. The molecule has 0 atom stereocenters. The van der Waals surface area contributed by atoms with Crippen LogP contribution in [0.3, 0.4) is 0 Å². The third-order valence-corrected chi connectivity index (χ3v) is 0. The van der Waals surface area contributed by atoms with Crippen LogP contribution >= 0.6 is 0 Å². The van der Waals surface area contributed by atoms with Crippen LogP contribution in [0.1, 0.15) is 0 Å². The van der Waals surface area contributed by atoms with Gasteiger partial charge in [-0.1, -0.05) is 0 Å². The molecule has 0 fully saturated rings. The molecule has 0 bridgehead atoms. The summed E-state index contributed by atoms with van der Waals surface area (Å²) in [4.78, 5) is 0. The van der Waals surface area contributed by atoms with Crippen molar-refractivity contribution in [2.45, 2.75) is 0 Å². The summed E-state index contributed by atoms with van der Waals surface area (Å²) < 4.78 is 0. The van der Waals surface area contributed by atoms with Gasteiger partial charge in [0.05, 0.1) is 0 Å². The molecular formula is H15AlGa2N2. The summed E-state index contributed by atoms with van der Waals surface area (Å²) >= 11 is 0. The molecule has 0 aromatic carbocycles. The predicted molar refractivity (Wildman–Crippen MR) is 39.9 cm³/mol. The van der Waals surface area contributed by atoms with Crippen LogP contribution in [-0.2, 0) is 0 Å². The first kappa shape index (κ1) is 74.1. The van der Waals surface area contributed by atoms with Gasteiger partial charge in [-0.15, -0.1) is 0 Å². The molecule has 0 aliphatic carbocycles. The topological polar surface area (TPSA) is 70.0 Å². The Balaban J connectivity index is 0. The van der Waals surface area contributed by atoms with Gasteiger partial charge in [0.15, 0.2) is 17.4 Å². The van der Waals surface area contributed by atoms with Crippen molar-refractivity contribution in [3.63, 3.8) is 0 Å². The second kappa shape index (κ2) is 42.9. The minimum atomic E-state index is 0. The molecule has 0 heterocycles. The van der Waals surface area contributed by atoms with Gasteiger partial charge in [-0.25, -0.2) is 0 Å². The van der Waals surface area contributed by atoms with Gasteiger partial charge in [0.2, 0.25) is 0 Å². The van der Waals surface area contributed by atoms with E-state index in [2.05, 4.69) is 0 Å². The third-order valence-electron chi connectivity index (χ3n) is 0. The van der Waals surface area contributed by atoms with Crippen molar-refractivity contribution in [3.8, 4) is 0 Å². The van der Waals surface area contributed by atoms with Gasteiger partial charge in [0, 0.05) is 0 Å². The van der Waals surface area contributed by atoms with Crippen LogP contribution in [-0.4, -0.2) is 56.9 Å². The summed E-state index contributed by atoms with van der Waals surface area (Å²) in [6.45, 7) is 0. The van der Waals surface area contributed by atoms with Crippen LogP contribution in [0.2, 0.25) is 0 Å². The maximum absolute atomic E-state index is 0. The van der Waals surface area contributed by atoms with Crippen LogP contribution < -0.4 is 12.3 Å². The SMILES string of the molecule is N.N.[AlH3].[GaH3].[GaH3]. The van der Waals surface area contributed by atoms with E-state index in [0.29, 0.717) is 0 Å².